The summed E-state index contributed by atoms with van der Waals surface area (Å²) < 4.78 is 45.6. The van der Waals surface area contributed by atoms with Gasteiger partial charge < -0.3 is 9.84 Å². The number of rotatable bonds is 5. The fourth-order valence-electron chi connectivity index (χ4n) is 1.75. The highest BCUT2D eigenvalue weighted by Gasteiger charge is 2.28. The molecule has 0 saturated heterocycles. The molecule has 0 heterocycles. The quantitative estimate of drug-likeness (QED) is 0.791. The minimum Gasteiger partial charge on any atom is -0.384 e. The Bertz CT molecular complexity index is 659. The standard InChI is InChI=1S/C14H18FNO4S/c1-14(2,10-20-3)16-21(18,19)13-7-6-11(5-4-8-17)9-12(13)15/h6-7,9,16-17H,8,10H2,1-3H3. The second kappa shape index (κ2) is 7.00. The highest BCUT2D eigenvalue weighted by molar-refractivity contribution is 7.89. The molecule has 2 N–H and O–H groups in total. The molecule has 0 amide bonds. The monoisotopic (exact) mass is 315 g/mol. The molecule has 7 heteroatoms. The van der Waals surface area contributed by atoms with Crippen LogP contribution in [0.5, 0.6) is 0 Å². The first-order valence-electron chi connectivity index (χ1n) is 6.14. The average molecular weight is 315 g/mol. The molecule has 1 aromatic carbocycles. The van der Waals surface area contributed by atoms with Crippen LogP contribution in [0.25, 0.3) is 0 Å². The second-order valence-corrected chi connectivity index (χ2v) is 6.68. The molecule has 116 valence electrons. The molecule has 21 heavy (non-hydrogen) atoms. The van der Waals surface area contributed by atoms with Gasteiger partial charge in [-0.2, -0.15) is 0 Å². The van der Waals surface area contributed by atoms with Crippen LogP contribution in [0.1, 0.15) is 19.4 Å². The van der Waals surface area contributed by atoms with E-state index >= 15 is 0 Å². The Balaban J connectivity index is 3.10. The first-order chi connectivity index (χ1) is 9.72. The fourth-order valence-corrected chi connectivity index (χ4v) is 3.21. The molecule has 0 fully saturated rings. The van der Waals surface area contributed by atoms with E-state index in [1.165, 1.54) is 13.2 Å². The Morgan fingerprint density at radius 1 is 1.43 bits per heavy atom. The molecular weight excluding hydrogens is 297 g/mol. The summed E-state index contributed by atoms with van der Waals surface area (Å²) in [5.74, 6) is 3.97. The number of aliphatic hydroxyl groups is 1. The van der Waals surface area contributed by atoms with E-state index in [-0.39, 0.29) is 18.8 Å². The number of nitrogens with one attached hydrogen (secondary N) is 1. The largest absolute Gasteiger partial charge is 0.384 e. The van der Waals surface area contributed by atoms with Crippen LogP contribution in [0, 0.1) is 17.7 Å². The van der Waals surface area contributed by atoms with E-state index in [0.717, 1.165) is 12.1 Å². The molecule has 0 aliphatic heterocycles. The third-order valence-electron chi connectivity index (χ3n) is 2.45. The zero-order chi connectivity index (χ0) is 16.1. The summed E-state index contributed by atoms with van der Waals surface area (Å²) in [4.78, 5) is -0.457. The van der Waals surface area contributed by atoms with Gasteiger partial charge in [-0.25, -0.2) is 17.5 Å². The smallest absolute Gasteiger partial charge is 0.244 e. The highest BCUT2D eigenvalue weighted by atomic mass is 32.2. The molecule has 5 nitrogen and oxygen atoms in total. The number of aliphatic hydroxyl groups excluding tert-OH is 1. The van der Waals surface area contributed by atoms with Crippen LogP contribution in [-0.2, 0) is 14.8 Å². The molecule has 0 aliphatic carbocycles. The lowest BCUT2D eigenvalue weighted by Crippen LogP contribution is -2.46. The number of hydrogen-bond acceptors (Lipinski definition) is 4. The Morgan fingerprint density at radius 2 is 2.10 bits per heavy atom. The Kier molecular flexibility index (Phi) is 5.87. The summed E-state index contributed by atoms with van der Waals surface area (Å²) in [5.41, 5.74) is -0.577. The molecule has 0 unspecified atom stereocenters. The van der Waals surface area contributed by atoms with Crippen molar-refractivity contribution in [1.29, 1.82) is 0 Å². The first kappa shape index (κ1) is 17.6. The number of ether oxygens (including phenoxy) is 1. The van der Waals surface area contributed by atoms with Crippen molar-refractivity contribution in [3.8, 4) is 11.8 Å². The van der Waals surface area contributed by atoms with Crippen molar-refractivity contribution >= 4 is 10.0 Å². The molecule has 0 radical (unpaired) electrons. The Morgan fingerprint density at radius 3 is 2.62 bits per heavy atom. The molecular formula is C14H18FNO4S. The highest BCUT2D eigenvalue weighted by Crippen LogP contribution is 2.18. The van der Waals surface area contributed by atoms with E-state index in [1.54, 1.807) is 13.8 Å². The van der Waals surface area contributed by atoms with Crippen LogP contribution in [0.4, 0.5) is 4.39 Å². The van der Waals surface area contributed by atoms with Gasteiger partial charge in [-0.3, -0.25) is 0 Å². The number of sulfonamides is 1. The predicted molar refractivity (Wildman–Crippen MR) is 76.6 cm³/mol. The lowest BCUT2D eigenvalue weighted by Gasteiger charge is -2.25. The van der Waals surface area contributed by atoms with Crippen molar-refractivity contribution in [2.75, 3.05) is 20.3 Å². The third kappa shape index (κ3) is 5.10. The van der Waals surface area contributed by atoms with E-state index < -0.39 is 26.3 Å². The fraction of sp³-hybridized carbons (Fsp3) is 0.429. The van der Waals surface area contributed by atoms with Crippen LogP contribution >= 0.6 is 0 Å². The topological polar surface area (TPSA) is 75.6 Å². The number of halogens is 1. The van der Waals surface area contributed by atoms with Gasteiger partial charge in [0.1, 0.15) is 17.3 Å². The molecule has 0 spiro atoms. The molecule has 0 saturated carbocycles. The summed E-state index contributed by atoms with van der Waals surface area (Å²) in [7, 11) is -2.56. The normalized spacial score (nSPS) is 11.9. The molecule has 0 aliphatic rings. The van der Waals surface area contributed by atoms with Crippen molar-refractivity contribution < 1.29 is 22.7 Å². The number of hydrogen-bond donors (Lipinski definition) is 2. The molecule has 1 aromatic rings. The van der Waals surface area contributed by atoms with Crippen LogP contribution < -0.4 is 4.72 Å². The van der Waals surface area contributed by atoms with Gasteiger partial charge in [0.15, 0.2) is 0 Å². The third-order valence-corrected chi connectivity index (χ3v) is 4.18. The van der Waals surface area contributed by atoms with Gasteiger partial charge in [-0.1, -0.05) is 11.8 Å². The van der Waals surface area contributed by atoms with Gasteiger partial charge in [0.05, 0.1) is 12.1 Å². The van der Waals surface area contributed by atoms with E-state index in [9.17, 15) is 12.8 Å². The maximum absolute atomic E-state index is 14.0. The van der Waals surface area contributed by atoms with Crippen molar-refractivity contribution in [2.45, 2.75) is 24.3 Å². The number of methoxy groups -OCH3 is 1. The summed E-state index contributed by atoms with van der Waals surface area (Å²) >= 11 is 0. The van der Waals surface area contributed by atoms with Gasteiger partial charge in [-0.15, -0.1) is 0 Å². The SMILES string of the molecule is COCC(C)(C)NS(=O)(=O)c1ccc(C#CCO)cc1F. The lowest BCUT2D eigenvalue weighted by atomic mass is 10.1. The predicted octanol–water partition coefficient (Wildman–Crippen LogP) is 0.873. The Hall–Kier alpha value is -1.46. The zero-order valence-corrected chi connectivity index (χ0v) is 12.9. The second-order valence-electron chi connectivity index (χ2n) is 5.03. The van der Waals surface area contributed by atoms with Crippen molar-refractivity contribution in [3.05, 3.63) is 29.6 Å². The van der Waals surface area contributed by atoms with Gasteiger partial charge in [0, 0.05) is 12.7 Å². The molecule has 1 rings (SSSR count). The molecule has 0 bridgehead atoms. The van der Waals surface area contributed by atoms with Gasteiger partial charge in [0.25, 0.3) is 0 Å². The first-order valence-corrected chi connectivity index (χ1v) is 7.62. The maximum Gasteiger partial charge on any atom is 0.244 e. The van der Waals surface area contributed by atoms with Gasteiger partial charge in [-0.05, 0) is 32.0 Å². The van der Waals surface area contributed by atoms with Crippen molar-refractivity contribution in [1.82, 2.24) is 4.72 Å². The minimum atomic E-state index is -4.01. The van der Waals surface area contributed by atoms with E-state index in [0.29, 0.717) is 0 Å². The Labute approximate surface area is 124 Å². The molecule has 0 atom stereocenters. The minimum absolute atomic E-state index is 0.147. The van der Waals surface area contributed by atoms with E-state index in [2.05, 4.69) is 16.6 Å². The average Bonchev–Trinajstić information content (AvgIpc) is 2.34. The van der Waals surface area contributed by atoms with Crippen LogP contribution in [-0.4, -0.2) is 39.4 Å². The van der Waals surface area contributed by atoms with Gasteiger partial charge >= 0.3 is 0 Å². The maximum atomic E-state index is 14.0. The van der Waals surface area contributed by atoms with Gasteiger partial charge in [0.2, 0.25) is 10.0 Å². The lowest BCUT2D eigenvalue weighted by molar-refractivity contribution is 0.141. The summed E-state index contributed by atoms with van der Waals surface area (Å²) in [6.07, 6.45) is 0. The van der Waals surface area contributed by atoms with Crippen molar-refractivity contribution in [3.63, 3.8) is 0 Å². The summed E-state index contributed by atoms with van der Waals surface area (Å²) in [6.45, 7) is 3.06. The van der Waals surface area contributed by atoms with Crippen LogP contribution in [0.3, 0.4) is 0 Å². The zero-order valence-electron chi connectivity index (χ0n) is 12.1. The van der Waals surface area contributed by atoms with Crippen molar-refractivity contribution in [2.24, 2.45) is 0 Å². The summed E-state index contributed by atoms with van der Waals surface area (Å²) in [6, 6.07) is 3.53. The molecule has 0 aromatic heterocycles. The van der Waals surface area contributed by atoms with E-state index in [4.69, 9.17) is 9.84 Å². The van der Waals surface area contributed by atoms with E-state index in [1.807, 2.05) is 0 Å². The van der Waals surface area contributed by atoms with Crippen LogP contribution in [0.15, 0.2) is 23.1 Å². The summed E-state index contributed by atoms with van der Waals surface area (Å²) in [5, 5.41) is 8.57. The van der Waals surface area contributed by atoms with Crippen LogP contribution in [0.2, 0.25) is 0 Å². The number of benzene rings is 1.